The lowest BCUT2D eigenvalue weighted by atomic mass is 10.1. The summed E-state index contributed by atoms with van der Waals surface area (Å²) in [5, 5.41) is 6.04. The Bertz CT molecular complexity index is 478. The molecular weight excluding hydrogens is 270 g/mol. The number of nitrogens with two attached hydrogens (primary N) is 1. The fourth-order valence-corrected chi connectivity index (χ4v) is 1.56. The van der Waals surface area contributed by atoms with Crippen LogP contribution >= 0.6 is 0 Å². The fourth-order valence-electron chi connectivity index (χ4n) is 1.56. The van der Waals surface area contributed by atoms with Crippen LogP contribution in [0.3, 0.4) is 0 Å². The highest BCUT2D eigenvalue weighted by Gasteiger charge is 2.09. The van der Waals surface area contributed by atoms with Gasteiger partial charge in [-0.1, -0.05) is 0 Å². The third-order valence-electron chi connectivity index (χ3n) is 2.53. The summed E-state index contributed by atoms with van der Waals surface area (Å²) in [4.78, 5) is 22.3. The summed E-state index contributed by atoms with van der Waals surface area (Å²) in [6.07, 6.45) is 0.400. The van der Waals surface area contributed by atoms with Crippen LogP contribution in [0.1, 0.15) is 27.2 Å². The molecule has 0 atom stereocenters. The zero-order valence-electron chi connectivity index (χ0n) is 12.7. The van der Waals surface area contributed by atoms with Gasteiger partial charge in [0.05, 0.1) is 0 Å². The van der Waals surface area contributed by atoms with Crippen molar-refractivity contribution in [2.24, 2.45) is 5.73 Å². The number of nitrogens with one attached hydrogen (secondary N) is 2. The van der Waals surface area contributed by atoms with Crippen LogP contribution in [0.25, 0.3) is 0 Å². The highest BCUT2D eigenvalue weighted by Crippen LogP contribution is 2.15. The van der Waals surface area contributed by atoms with E-state index < -0.39 is 5.91 Å². The van der Waals surface area contributed by atoms with Gasteiger partial charge >= 0.3 is 0 Å². The van der Waals surface area contributed by atoms with Crippen LogP contribution in [0.4, 0.5) is 5.69 Å². The molecule has 1 aromatic rings. The molecule has 0 radical (unpaired) electrons. The number of hydrogen-bond donors (Lipinski definition) is 3. The second kappa shape index (κ2) is 7.64. The number of rotatable bonds is 7. The maximum absolute atomic E-state index is 11.8. The molecule has 116 valence electrons. The van der Waals surface area contributed by atoms with E-state index in [1.54, 1.807) is 24.3 Å². The lowest BCUT2D eigenvalue weighted by molar-refractivity contribution is -0.120. The van der Waals surface area contributed by atoms with Crippen LogP contribution < -0.4 is 21.1 Å². The van der Waals surface area contributed by atoms with Crippen molar-refractivity contribution in [2.45, 2.75) is 32.7 Å². The molecule has 6 nitrogen and oxygen atoms in total. The van der Waals surface area contributed by atoms with Crippen LogP contribution in [0, 0.1) is 0 Å². The number of amides is 2. The second-order valence-electron chi connectivity index (χ2n) is 5.75. The summed E-state index contributed by atoms with van der Waals surface area (Å²) in [7, 11) is 0. The monoisotopic (exact) mass is 293 g/mol. The van der Waals surface area contributed by atoms with Crippen LogP contribution in [0.2, 0.25) is 0 Å². The van der Waals surface area contributed by atoms with Gasteiger partial charge in [-0.25, -0.2) is 0 Å². The lowest BCUT2D eigenvalue weighted by Crippen LogP contribution is -2.37. The molecule has 4 N–H and O–H groups in total. The number of hydrogen-bond acceptors (Lipinski definition) is 4. The summed E-state index contributed by atoms with van der Waals surface area (Å²) in [5.41, 5.74) is 5.67. The molecule has 0 aliphatic heterocycles. The maximum atomic E-state index is 11.8. The predicted molar refractivity (Wildman–Crippen MR) is 82.1 cm³/mol. The van der Waals surface area contributed by atoms with Crippen LogP contribution in [-0.4, -0.2) is 30.5 Å². The molecule has 0 saturated heterocycles. The van der Waals surface area contributed by atoms with Gasteiger partial charge in [-0.2, -0.15) is 0 Å². The Hall–Kier alpha value is -2.08. The van der Waals surface area contributed by atoms with Crippen LogP contribution in [-0.2, 0) is 9.59 Å². The molecule has 21 heavy (non-hydrogen) atoms. The minimum absolute atomic E-state index is 0.000304. The molecule has 0 bridgehead atoms. The minimum Gasteiger partial charge on any atom is -0.484 e. The van der Waals surface area contributed by atoms with E-state index in [0.717, 1.165) is 0 Å². The summed E-state index contributed by atoms with van der Waals surface area (Å²) < 4.78 is 5.13. The Morgan fingerprint density at radius 1 is 1.19 bits per heavy atom. The molecule has 0 aliphatic carbocycles. The fraction of sp³-hybridized carbons (Fsp3) is 0.467. The molecule has 1 aromatic carbocycles. The van der Waals surface area contributed by atoms with E-state index in [0.29, 0.717) is 24.4 Å². The topological polar surface area (TPSA) is 93.4 Å². The molecule has 6 heteroatoms. The number of benzene rings is 1. The third-order valence-corrected chi connectivity index (χ3v) is 2.53. The molecule has 0 aliphatic rings. The first-order chi connectivity index (χ1) is 9.76. The first-order valence-electron chi connectivity index (χ1n) is 6.82. The largest absolute Gasteiger partial charge is 0.484 e. The highest BCUT2D eigenvalue weighted by atomic mass is 16.5. The SMILES string of the molecule is CC(C)(C)NCCC(=O)Nc1ccc(OCC(N)=O)cc1. The second-order valence-corrected chi connectivity index (χ2v) is 5.75. The van der Waals surface area contributed by atoms with Crippen LogP contribution in [0.5, 0.6) is 5.75 Å². The van der Waals surface area contributed by atoms with E-state index in [1.165, 1.54) is 0 Å². The van der Waals surface area contributed by atoms with E-state index in [1.807, 2.05) is 0 Å². The van der Waals surface area contributed by atoms with E-state index in [2.05, 4.69) is 31.4 Å². The Kier molecular flexibility index (Phi) is 6.17. The Balaban J connectivity index is 2.37. The molecule has 0 aromatic heterocycles. The smallest absolute Gasteiger partial charge is 0.255 e. The minimum atomic E-state index is -0.529. The average Bonchev–Trinajstić information content (AvgIpc) is 2.36. The molecule has 0 saturated carbocycles. The van der Waals surface area contributed by atoms with Gasteiger partial charge < -0.3 is 21.1 Å². The molecular formula is C15H23N3O3. The Labute approximate surface area is 125 Å². The standard InChI is InChI=1S/C15H23N3O3/c1-15(2,3)17-9-8-14(20)18-11-4-6-12(7-5-11)21-10-13(16)19/h4-7,17H,8-10H2,1-3H3,(H2,16,19)(H,18,20). The number of primary amides is 1. The first-order valence-corrected chi connectivity index (χ1v) is 6.82. The zero-order chi connectivity index (χ0) is 15.9. The van der Waals surface area contributed by atoms with Crippen molar-refractivity contribution in [1.29, 1.82) is 0 Å². The molecule has 1 rings (SSSR count). The third kappa shape index (κ3) is 7.94. The molecule has 2 amide bonds. The van der Waals surface area contributed by atoms with E-state index >= 15 is 0 Å². The van der Waals surface area contributed by atoms with Gasteiger partial charge in [0.2, 0.25) is 5.91 Å². The van der Waals surface area contributed by atoms with Gasteiger partial charge in [0.15, 0.2) is 6.61 Å². The normalized spacial score (nSPS) is 11.0. The Morgan fingerprint density at radius 3 is 2.33 bits per heavy atom. The number of carbonyl (C=O) groups is 2. The van der Waals surface area contributed by atoms with Crippen molar-refractivity contribution in [1.82, 2.24) is 5.32 Å². The molecule has 0 heterocycles. The van der Waals surface area contributed by atoms with Crippen molar-refractivity contribution < 1.29 is 14.3 Å². The summed E-state index contributed by atoms with van der Waals surface area (Å²) in [5.74, 6) is -0.0579. The van der Waals surface area contributed by atoms with Crippen molar-refractivity contribution in [3.8, 4) is 5.75 Å². The Morgan fingerprint density at radius 2 is 1.81 bits per heavy atom. The van der Waals surface area contributed by atoms with E-state index in [9.17, 15) is 9.59 Å². The van der Waals surface area contributed by atoms with Gasteiger partial charge in [0.25, 0.3) is 5.91 Å². The summed E-state index contributed by atoms with van der Waals surface area (Å²) >= 11 is 0. The van der Waals surface area contributed by atoms with Gasteiger partial charge in [-0.3, -0.25) is 9.59 Å². The van der Waals surface area contributed by atoms with Crippen LogP contribution in [0.15, 0.2) is 24.3 Å². The van der Waals surface area contributed by atoms with Gasteiger partial charge in [-0.15, -0.1) is 0 Å². The van der Waals surface area contributed by atoms with Crippen molar-refractivity contribution >= 4 is 17.5 Å². The van der Waals surface area contributed by atoms with Crippen molar-refractivity contribution in [3.05, 3.63) is 24.3 Å². The summed E-state index contributed by atoms with van der Waals surface area (Å²) in [6, 6.07) is 6.77. The summed E-state index contributed by atoms with van der Waals surface area (Å²) in [6.45, 7) is 6.61. The van der Waals surface area contributed by atoms with E-state index in [-0.39, 0.29) is 18.1 Å². The molecule has 0 fully saturated rings. The number of anilines is 1. The molecule has 0 spiro atoms. The maximum Gasteiger partial charge on any atom is 0.255 e. The first kappa shape index (κ1) is 17.0. The number of ether oxygens (including phenoxy) is 1. The average molecular weight is 293 g/mol. The highest BCUT2D eigenvalue weighted by molar-refractivity contribution is 5.90. The predicted octanol–water partition coefficient (Wildman–Crippen LogP) is 1.27. The van der Waals surface area contributed by atoms with Gasteiger partial charge in [-0.05, 0) is 45.0 Å². The van der Waals surface area contributed by atoms with Crippen molar-refractivity contribution in [2.75, 3.05) is 18.5 Å². The molecule has 0 unspecified atom stereocenters. The quantitative estimate of drug-likeness (QED) is 0.705. The van der Waals surface area contributed by atoms with E-state index in [4.69, 9.17) is 10.5 Å². The number of carbonyl (C=O) groups excluding carboxylic acids is 2. The lowest BCUT2D eigenvalue weighted by Gasteiger charge is -2.20. The zero-order valence-corrected chi connectivity index (χ0v) is 12.7. The van der Waals surface area contributed by atoms with Gasteiger partial charge in [0.1, 0.15) is 5.75 Å². The van der Waals surface area contributed by atoms with Crippen molar-refractivity contribution in [3.63, 3.8) is 0 Å². The van der Waals surface area contributed by atoms with Gasteiger partial charge in [0, 0.05) is 24.2 Å².